The van der Waals surface area contributed by atoms with E-state index in [1.54, 1.807) is 18.6 Å². The number of aliphatic imine (C=N–C) groups is 1. The van der Waals surface area contributed by atoms with Crippen LogP contribution in [-0.4, -0.2) is 34.2 Å². The molecule has 164 valence electrons. The summed E-state index contributed by atoms with van der Waals surface area (Å²) in [5.41, 5.74) is 8.63. The maximum Gasteiger partial charge on any atom is 0.283 e. The number of fused-ring (bicyclic) bond motifs is 4. The topological polar surface area (TPSA) is 105 Å². The summed E-state index contributed by atoms with van der Waals surface area (Å²) in [7, 11) is 0. The summed E-state index contributed by atoms with van der Waals surface area (Å²) in [4.78, 5) is 17.5. The van der Waals surface area contributed by atoms with E-state index in [1.807, 2.05) is 24.3 Å². The molecule has 0 radical (unpaired) electrons. The van der Waals surface area contributed by atoms with Crippen molar-refractivity contribution < 1.29 is 14.2 Å². The van der Waals surface area contributed by atoms with Crippen molar-refractivity contribution in [1.29, 1.82) is 0 Å². The van der Waals surface area contributed by atoms with E-state index in [4.69, 9.17) is 24.9 Å². The number of nitrogens with zero attached hydrogens (tertiary/aromatic N) is 4. The van der Waals surface area contributed by atoms with Gasteiger partial charge in [-0.25, -0.2) is 19.9 Å². The van der Waals surface area contributed by atoms with Crippen LogP contribution in [0.3, 0.4) is 0 Å². The van der Waals surface area contributed by atoms with Gasteiger partial charge in [0.15, 0.2) is 5.54 Å². The Morgan fingerprint density at radius 3 is 2.62 bits per heavy atom. The summed E-state index contributed by atoms with van der Waals surface area (Å²) in [6.45, 7) is 7.29. The highest BCUT2D eigenvalue weighted by Gasteiger charge is 2.49. The lowest BCUT2D eigenvalue weighted by atomic mass is 9.81. The molecule has 2 aliphatic heterocycles. The summed E-state index contributed by atoms with van der Waals surface area (Å²) < 4.78 is 18.1. The third-order valence-electron chi connectivity index (χ3n) is 5.65. The molecule has 1 spiro atoms. The molecule has 1 atom stereocenters. The maximum atomic E-state index is 6.26. The highest BCUT2D eigenvalue weighted by molar-refractivity contribution is 5.78. The number of aromatic nitrogens is 3. The number of hydrogen-bond acceptors (Lipinski definition) is 8. The van der Waals surface area contributed by atoms with E-state index in [2.05, 4.69) is 35.7 Å². The SMILES string of the molecule is CC(C)(C)CCOc1nccc2c1[C@@]1(COC(N)=N1)c1cc(-c3cncnc3)ccc1O2. The molecule has 0 amide bonds. The van der Waals surface area contributed by atoms with E-state index >= 15 is 0 Å². The molecular weight excluding hydrogens is 406 g/mol. The fourth-order valence-electron chi connectivity index (χ4n) is 3.98. The minimum absolute atomic E-state index is 0.127. The lowest BCUT2D eigenvalue weighted by molar-refractivity contribution is 0.220. The van der Waals surface area contributed by atoms with Gasteiger partial charge in [0, 0.05) is 29.7 Å². The molecule has 0 unspecified atom stereocenters. The first-order chi connectivity index (χ1) is 15.4. The van der Waals surface area contributed by atoms with Crippen molar-refractivity contribution in [3.8, 4) is 28.5 Å². The van der Waals surface area contributed by atoms with Crippen molar-refractivity contribution >= 4 is 6.02 Å². The van der Waals surface area contributed by atoms with Crippen LogP contribution in [0.25, 0.3) is 11.1 Å². The van der Waals surface area contributed by atoms with Crippen LogP contribution in [0.4, 0.5) is 0 Å². The molecular formula is C24H25N5O3. The predicted octanol–water partition coefficient (Wildman–Crippen LogP) is 4.05. The van der Waals surface area contributed by atoms with Crippen molar-refractivity contribution in [2.24, 2.45) is 16.1 Å². The summed E-state index contributed by atoms with van der Waals surface area (Å²) in [6.07, 6.45) is 7.60. The molecule has 2 aromatic heterocycles. The van der Waals surface area contributed by atoms with Crippen LogP contribution in [0, 0.1) is 5.41 Å². The third-order valence-corrected chi connectivity index (χ3v) is 5.65. The van der Waals surface area contributed by atoms with Crippen LogP contribution < -0.4 is 15.2 Å². The Kier molecular flexibility index (Phi) is 4.73. The molecule has 8 nitrogen and oxygen atoms in total. The van der Waals surface area contributed by atoms with E-state index in [-0.39, 0.29) is 18.0 Å². The zero-order chi connectivity index (χ0) is 22.3. The second-order valence-electron chi connectivity index (χ2n) is 9.19. The summed E-state index contributed by atoms with van der Waals surface area (Å²) in [5, 5.41) is 0. The lowest BCUT2D eigenvalue weighted by Gasteiger charge is -2.34. The second-order valence-corrected chi connectivity index (χ2v) is 9.19. The van der Waals surface area contributed by atoms with E-state index in [0.717, 1.165) is 28.7 Å². The smallest absolute Gasteiger partial charge is 0.283 e. The lowest BCUT2D eigenvalue weighted by Crippen LogP contribution is -2.32. The van der Waals surface area contributed by atoms with Gasteiger partial charge >= 0.3 is 0 Å². The molecule has 8 heteroatoms. The summed E-state index contributed by atoms with van der Waals surface area (Å²) in [6, 6.07) is 7.86. The van der Waals surface area contributed by atoms with Gasteiger partial charge < -0.3 is 19.9 Å². The fourth-order valence-corrected chi connectivity index (χ4v) is 3.98. The van der Waals surface area contributed by atoms with Gasteiger partial charge in [-0.3, -0.25) is 0 Å². The first kappa shape index (κ1) is 20.2. The fraction of sp³-hybridized carbons (Fsp3) is 0.333. The first-order valence-electron chi connectivity index (χ1n) is 10.5. The zero-order valence-electron chi connectivity index (χ0n) is 18.3. The van der Waals surface area contributed by atoms with Crippen LogP contribution in [-0.2, 0) is 10.3 Å². The van der Waals surface area contributed by atoms with E-state index < -0.39 is 5.54 Å². The molecule has 2 N–H and O–H groups in total. The molecule has 32 heavy (non-hydrogen) atoms. The maximum absolute atomic E-state index is 6.26. The molecule has 5 rings (SSSR count). The minimum atomic E-state index is -0.913. The molecule has 0 aliphatic carbocycles. The van der Waals surface area contributed by atoms with Gasteiger partial charge in [-0.2, -0.15) is 0 Å². The number of ether oxygens (including phenoxy) is 3. The highest BCUT2D eigenvalue weighted by Crippen LogP contribution is 2.54. The molecule has 4 heterocycles. The monoisotopic (exact) mass is 431 g/mol. The Bertz CT molecular complexity index is 1190. The van der Waals surface area contributed by atoms with Crippen LogP contribution in [0.15, 0.2) is 54.2 Å². The van der Waals surface area contributed by atoms with Gasteiger partial charge in [0.05, 0.1) is 12.2 Å². The molecule has 0 fully saturated rings. The van der Waals surface area contributed by atoms with Crippen LogP contribution >= 0.6 is 0 Å². The van der Waals surface area contributed by atoms with Gasteiger partial charge in [0.25, 0.3) is 6.02 Å². The van der Waals surface area contributed by atoms with Crippen molar-refractivity contribution in [3.05, 3.63) is 60.3 Å². The first-order valence-corrected chi connectivity index (χ1v) is 10.5. The van der Waals surface area contributed by atoms with Gasteiger partial charge in [-0.15, -0.1) is 0 Å². The Balaban J connectivity index is 1.63. The average Bonchev–Trinajstić information content (AvgIpc) is 3.15. The van der Waals surface area contributed by atoms with E-state index in [0.29, 0.717) is 24.0 Å². The number of hydrogen-bond donors (Lipinski definition) is 1. The number of pyridine rings is 1. The zero-order valence-corrected chi connectivity index (χ0v) is 18.3. The Morgan fingerprint density at radius 1 is 1.09 bits per heavy atom. The van der Waals surface area contributed by atoms with Crippen molar-refractivity contribution in [2.75, 3.05) is 13.2 Å². The number of benzene rings is 1. The van der Waals surface area contributed by atoms with Crippen molar-refractivity contribution in [3.63, 3.8) is 0 Å². The Labute approximate surface area is 186 Å². The molecule has 0 saturated carbocycles. The van der Waals surface area contributed by atoms with Gasteiger partial charge in [0.1, 0.15) is 24.4 Å². The number of nitrogens with two attached hydrogens (primary N) is 1. The third kappa shape index (κ3) is 3.51. The van der Waals surface area contributed by atoms with Crippen molar-refractivity contribution in [2.45, 2.75) is 32.7 Å². The highest BCUT2D eigenvalue weighted by atomic mass is 16.5. The van der Waals surface area contributed by atoms with Gasteiger partial charge in [-0.05, 0) is 35.6 Å². The van der Waals surface area contributed by atoms with Crippen LogP contribution in [0.5, 0.6) is 17.4 Å². The van der Waals surface area contributed by atoms with Gasteiger partial charge in [0.2, 0.25) is 5.88 Å². The van der Waals surface area contributed by atoms with E-state index in [9.17, 15) is 0 Å². The number of amidine groups is 1. The molecule has 1 aromatic carbocycles. The van der Waals surface area contributed by atoms with Gasteiger partial charge in [-0.1, -0.05) is 26.8 Å². The molecule has 0 saturated heterocycles. The molecule has 2 aliphatic rings. The Hall–Kier alpha value is -3.68. The minimum Gasteiger partial charge on any atom is -0.477 e. The molecule has 3 aromatic rings. The van der Waals surface area contributed by atoms with E-state index in [1.165, 1.54) is 6.33 Å². The predicted molar refractivity (Wildman–Crippen MR) is 120 cm³/mol. The number of rotatable bonds is 4. The van der Waals surface area contributed by atoms with Crippen molar-refractivity contribution in [1.82, 2.24) is 15.0 Å². The summed E-state index contributed by atoms with van der Waals surface area (Å²) >= 11 is 0. The normalized spacial score (nSPS) is 18.9. The quantitative estimate of drug-likeness (QED) is 0.664. The Morgan fingerprint density at radius 2 is 1.91 bits per heavy atom. The van der Waals surface area contributed by atoms with Crippen LogP contribution in [0.2, 0.25) is 0 Å². The average molecular weight is 431 g/mol. The largest absolute Gasteiger partial charge is 0.477 e. The standard InChI is InChI=1S/C24H25N5O3/c1-23(2,3)7-9-30-21-20-19(6-8-28-21)32-18-5-4-15(16-11-26-14-27-12-16)10-17(18)24(20)13-31-22(25)29-24/h4-6,8,10-12,14H,7,9,13H2,1-3H3,(H2,25,29)/t24-/m1/s1. The second kappa shape index (κ2) is 7.47. The van der Waals surface area contributed by atoms with Crippen LogP contribution in [0.1, 0.15) is 38.3 Å². The summed E-state index contributed by atoms with van der Waals surface area (Å²) in [5.74, 6) is 1.80. The molecule has 0 bridgehead atoms.